The summed E-state index contributed by atoms with van der Waals surface area (Å²) >= 11 is 0. The molecule has 2 fully saturated rings. The lowest BCUT2D eigenvalue weighted by molar-refractivity contribution is -0.114. The van der Waals surface area contributed by atoms with Crippen molar-refractivity contribution in [3.05, 3.63) is 42.4 Å². The lowest BCUT2D eigenvalue weighted by Gasteiger charge is -2.32. The number of amides is 1. The van der Waals surface area contributed by atoms with Gasteiger partial charge in [-0.2, -0.15) is 5.26 Å². The number of fused-ring (bicyclic) bond motifs is 1. The lowest BCUT2D eigenvalue weighted by Crippen LogP contribution is -2.25. The SMILES string of the molecule is CC(=O)Nc1cc2c(-c3cccc(C4CCOC4)n3)cn(C3CC(C#N)C3)c2cn1. The van der Waals surface area contributed by atoms with Crippen LogP contribution in [0.15, 0.2) is 36.7 Å². The van der Waals surface area contributed by atoms with Crippen LogP contribution in [0.4, 0.5) is 5.82 Å². The number of anilines is 1. The van der Waals surface area contributed by atoms with E-state index in [9.17, 15) is 4.79 Å². The van der Waals surface area contributed by atoms with Crippen molar-refractivity contribution >= 4 is 22.6 Å². The van der Waals surface area contributed by atoms with Crippen LogP contribution in [0.25, 0.3) is 22.2 Å². The van der Waals surface area contributed by atoms with Gasteiger partial charge in [0.2, 0.25) is 5.91 Å². The van der Waals surface area contributed by atoms with Crippen LogP contribution in [-0.4, -0.2) is 33.7 Å². The Kier molecular flexibility index (Phi) is 4.72. The first-order chi connectivity index (χ1) is 14.6. The van der Waals surface area contributed by atoms with Crippen molar-refractivity contribution in [3.8, 4) is 17.3 Å². The zero-order valence-electron chi connectivity index (χ0n) is 16.8. The molecule has 0 aromatic carbocycles. The summed E-state index contributed by atoms with van der Waals surface area (Å²) in [6, 6.07) is 10.7. The lowest BCUT2D eigenvalue weighted by atomic mass is 9.81. The Bertz CT molecular complexity index is 1150. The van der Waals surface area contributed by atoms with Crippen LogP contribution >= 0.6 is 0 Å². The zero-order chi connectivity index (χ0) is 20.7. The summed E-state index contributed by atoms with van der Waals surface area (Å²) in [5, 5.41) is 12.9. The number of carbonyl (C=O) groups is 1. The van der Waals surface area contributed by atoms with Crippen molar-refractivity contribution in [2.75, 3.05) is 18.5 Å². The first-order valence-electron chi connectivity index (χ1n) is 10.3. The number of aromatic nitrogens is 3. The Morgan fingerprint density at radius 1 is 1.37 bits per heavy atom. The summed E-state index contributed by atoms with van der Waals surface area (Å²) in [5.74, 6) is 0.821. The predicted molar refractivity (Wildman–Crippen MR) is 113 cm³/mol. The van der Waals surface area contributed by atoms with Gasteiger partial charge in [-0.1, -0.05) is 6.07 Å². The Morgan fingerprint density at radius 2 is 2.23 bits per heavy atom. The van der Waals surface area contributed by atoms with Gasteiger partial charge in [0.05, 0.1) is 36.0 Å². The van der Waals surface area contributed by atoms with Crippen LogP contribution in [0, 0.1) is 17.2 Å². The average Bonchev–Trinajstić information content (AvgIpc) is 3.35. The van der Waals surface area contributed by atoms with Crippen LogP contribution in [0.1, 0.15) is 43.8 Å². The molecule has 1 aliphatic carbocycles. The van der Waals surface area contributed by atoms with Crippen LogP contribution in [0.3, 0.4) is 0 Å². The standard InChI is InChI=1S/C23H23N5O2/c1-14(29)26-23-9-18-19(21-4-2-3-20(27-21)16-5-6-30-13-16)12-28(22(18)11-25-23)17-7-15(8-17)10-24/h2-4,9,11-12,15-17H,5-8,13H2,1H3,(H,25,26,29). The fourth-order valence-electron chi connectivity index (χ4n) is 4.42. The molecule has 4 heterocycles. The van der Waals surface area contributed by atoms with Crippen LogP contribution in [-0.2, 0) is 9.53 Å². The van der Waals surface area contributed by atoms with Gasteiger partial charge < -0.3 is 14.6 Å². The quantitative estimate of drug-likeness (QED) is 0.712. The van der Waals surface area contributed by atoms with Gasteiger partial charge in [-0.15, -0.1) is 0 Å². The normalized spacial score (nSPS) is 23.1. The van der Waals surface area contributed by atoms with E-state index in [0.29, 0.717) is 18.3 Å². The van der Waals surface area contributed by atoms with Crippen LogP contribution in [0.2, 0.25) is 0 Å². The number of pyridine rings is 2. The van der Waals surface area contributed by atoms with E-state index in [1.807, 2.05) is 18.2 Å². The summed E-state index contributed by atoms with van der Waals surface area (Å²) in [5.41, 5.74) is 3.96. The smallest absolute Gasteiger partial charge is 0.222 e. The molecule has 2 aliphatic rings. The van der Waals surface area contributed by atoms with Crippen molar-refractivity contribution in [2.24, 2.45) is 5.92 Å². The summed E-state index contributed by atoms with van der Waals surface area (Å²) in [6.45, 7) is 2.97. The van der Waals surface area contributed by atoms with E-state index >= 15 is 0 Å². The Balaban J connectivity index is 1.60. The predicted octanol–water partition coefficient (Wildman–Crippen LogP) is 4.04. The van der Waals surface area contributed by atoms with E-state index in [1.54, 1.807) is 6.20 Å². The minimum Gasteiger partial charge on any atom is -0.381 e. The molecule has 1 unspecified atom stereocenters. The number of ether oxygens (including phenoxy) is 1. The Morgan fingerprint density at radius 3 is 2.97 bits per heavy atom. The Hall–Kier alpha value is -3.24. The topological polar surface area (TPSA) is 92.8 Å². The van der Waals surface area contributed by atoms with E-state index in [0.717, 1.165) is 53.7 Å². The fourth-order valence-corrected chi connectivity index (χ4v) is 4.42. The van der Waals surface area contributed by atoms with E-state index in [4.69, 9.17) is 15.0 Å². The summed E-state index contributed by atoms with van der Waals surface area (Å²) < 4.78 is 7.76. The summed E-state index contributed by atoms with van der Waals surface area (Å²) in [6.07, 6.45) is 6.62. The zero-order valence-corrected chi connectivity index (χ0v) is 16.8. The third kappa shape index (κ3) is 3.33. The van der Waals surface area contributed by atoms with E-state index in [2.05, 4.69) is 33.2 Å². The van der Waals surface area contributed by atoms with Crippen molar-refractivity contribution < 1.29 is 9.53 Å². The largest absolute Gasteiger partial charge is 0.381 e. The second-order valence-corrected chi connectivity index (χ2v) is 8.18. The van der Waals surface area contributed by atoms with E-state index < -0.39 is 0 Å². The Labute approximate surface area is 174 Å². The van der Waals surface area contributed by atoms with Gasteiger partial charge in [0.1, 0.15) is 5.82 Å². The van der Waals surface area contributed by atoms with Crippen molar-refractivity contribution in [1.29, 1.82) is 5.26 Å². The number of nitriles is 1. The molecular formula is C23H23N5O2. The maximum atomic E-state index is 11.5. The first-order valence-corrected chi connectivity index (χ1v) is 10.3. The highest BCUT2D eigenvalue weighted by Gasteiger charge is 2.32. The maximum absolute atomic E-state index is 11.5. The van der Waals surface area contributed by atoms with Crippen LogP contribution < -0.4 is 5.32 Å². The molecule has 0 bridgehead atoms. The van der Waals surface area contributed by atoms with Gasteiger partial charge in [0.25, 0.3) is 0 Å². The first kappa shape index (κ1) is 18.8. The third-order valence-electron chi connectivity index (χ3n) is 6.11. The molecule has 3 aromatic rings. The van der Waals surface area contributed by atoms with Crippen molar-refractivity contribution in [2.45, 2.75) is 38.1 Å². The molecule has 1 aliphatic heterocycles. The molecule has 5 rings (SSSR count). The van der Waals surface area contributed by atoms with Crippen molar-refractivity contribution in [3.63, 3.8) is 0 Å². The summed E-state index contributed by atoms with van der Waals surface area (Å²) in [7, 11) is 0. The molecule has 3 aromatic heterocycles. The maximum Gasteiger partial charge on any atom is 0.222 e. The molecule has 1 saturated heterocycles. The molecule has 7 nitrogen and oxygen atoms in total. The van der Waals surface area contributed by atoms with E-state index in [1.165, 1.54) is 6.92 Å². The molecule has 0 spiro atoms. The molecule has 1 amide bonds. The second kappa shape index (κ2) is 7.54. The molecular weight excluding hydrogens is 378 g/mol. The number of nitrogens with one attached hydrogen (secondary N) is 1. The molecule has 0 radical (unpaired) electrons. The minimum atomic E-state index is -0.153. The van der Waals surface area contributed by atoms with E-state index in [-0.39, 0.29) is 17.9 Å². The van der Waals surface area contributed by atoms with Gasteiger partial charge in [-0.3, -0.25) is 9.78 Å². The highest BCUT2D eigenvalue weighted by molar-refractivity contribution is 5.98. The van der Waals surface area contributed by atoms with Gasteiger partial charge in [0, 0.05) is 48.3 Å². The van der Waals surface area contributed by atoms with Gasteiger partial charge >= 0.3 is 0 Å². The molecule has 1 N–H and O–H groups in total. The number of carbonyl (C=O) groups excluding carboxylic acids is 1. The molecule has 7 heteroatoms. The second-order valence-electron chi connectivity index (χ2n) is 8.18. The van der Waals surface area contributed by atoms with Gasteiger partial charge in [0.15, 0.2) is 0 Å². The minimum absolute atomic E-state index is 0.117. The van der Waals surface area contributed by atoms with Crippen LogP contribution in [0.5, 0.6) is 0 Å². The van der Waals surface area contributed by atoms with Gasteiger partial charge in [-0.25, -0.2) is 4.98 Å². The highest BCUT2D eigenvalue weighted by Crippen LogP contribution is 2.42. The molecule has 152 valence electrons. The highest BCUT2D eigenvalue weighted by atomic mass is 16.5. The van der Waals surface area contributed by atoms with Crippen molar-refractivity contribution in [1.82, 2.24) is 14.5 Å². The number of hydrogen-bond donors (Lipinski definition) is 1. The number of hydrogen-bond acceptors (Lipinski definition) is 5. The van der Waals surface area contributed by atoms with Gasteiger partial charge in [-0.05, 0) is 37.5 Å². The fraction of sp³-hybridized carbons (Fsp3) is 0.391. The monoisotopic (exact) mass is 401 g/mol. The molecule has 30 heavy (non-hydrogen) atoms. The number of rotatable bonds is 4. The molecule has 1 saturated carbocycles. The summed E-state index contributed by atoms with van der Waals surface area (Å²) in [4.78, 5) is 20.9. The number of nitrogens with zero attached hydrogens (tertiary/aromatic N) is 4. The average molecular weight is 401 g/mol. The third-order valence-corrected chi connectivity index (χ3v) is 6.11. The molecule has 1 atom stereocenters.